The molecule has 1 unspecified atom stereocenters. The highest BCUT2D eigenvalue weighted by Gasteiger charge is 2.70. The molecular weight excluding hydrogens is 206 g/mol. The number of methoxy groups -OCH3 is 1. The number of carboxylic acids is 1. The molecule has 16 heavy (non-hydrogen) atoms. The van der Waals surface area contributed by atoms with E-state index in [9.17, 15) is 4.79 Å². The van der Waals surface area contributed by atoms with Gasteiger partial charge in [-0.1, -0.05) is 6.42 Å². The van der Waals surface area contributed by atoms with Crippen molar-refractivity contribution in [3.8, 4) is 0 Å². The van der Waals surface area contributed by atoms with Crippen LogP contribution in [0.3, 0.4) is 0 Å². The summed E-state index contributed by atoms with van der Waals surface area (Å²) in [6.07, 6.45) is 6.59. The third kappa shape index (κ3) is 1.74. The Morgan fingerprint density at radius 1 is 1.44 bits per heavy atom. The lowest BCUT2D eigenvalue weighted by molar-refractivity contribution is -0.224. The number of nitrogens with two attached hydrogens (primary N) is 1. The number of carboxylic acid groups (broad SMARTS) is 1. The van der Waals surface area contributed by atoms with Crippen molar-refractivity contribution in [2.45, 2.75) is 44.6 Å². The second kappa shape index (κ2) is 4.00. The minimum absolute atomic E-state index is 0.0485. The highest BCUT2D eigenvalue weighted by molar-refractivity contribution is 5.75. The average molecular weight is 227 g/mol. The quantitative estimate of drug-likeness (QED) is 0.645. The van der Waals surface area contributed by atoms with Crippen molar-refractivity contribution < 1.29 is 14.6 Å². The van der Waals surface area contributed by atoms with E-state index < -0.39 is 12.0 Å². The second-order valence-electron chi connectivity index (χ2n) is 5.66. The Morgan fingerprint density at radius 3 is 2.56 bits per heavy atom. The van der Waals surface area contributed by atoms with Crippen LogP contribution in [-0.4, -0.2) is 30.8 Å². The van der Waals surface area contributed by atoms with Gasteiger partial charge in [0.15, 0.2) is 0 Å². The molecule has 0 aliphatic heterocycles. The first-order valence-electron chi connectivity index (χ1n) is 6.01. The van der Waals surface area contributed by atoms with Gasteiger partial charge in [0.1, 0.15) is 6.04 Å². The smallest absolute Gasteiger partial charge is 0.321 e. The van der Waals surface area contributed by atoms with Crippen LogP contribution in [0.15, 0.2) is 0 Å². The molecule has 3 aliphatic carbocycles. The summed E-state index contributed by atoms with van der Waals surface area (Å²) in [6.45, 7) is 0.829. The summed E-state index contributed by atoms with van der Waals surface area (Å²) in [6, 6.07) is -0.645. The first-order valence-corrected chi connectivity index (χ1v) is 6.01. The zero-order valence-electron chi connectivity index (χ0n) is 9.87. The lowest BCUT2D eigenvalue weighted by Gasteiger charge is -2.72. The van der Waals surface area contributed by atoms with Gasteiger partial charge in [0.25, 0.3) is 0 Å². The summed E-state index contributed by atoms with van der Waals surface area (Å²) in [5.74, 6) is -0.840. The fourth-order valence-electron chi connectivity index (χ4n) is 3.69. The normalized spacial score (nSPS) is 37.4. The Kier molecular flexibility index (Phi) is 2.97. The van der Waals surface area contributed by atoms with E-state index in [1.54, 1.807) is 7.11 Å². The number of hydrogen-bond acceptors (Lipinski definition) is 3. The Bertz CT molecular complexity index is 270. The third-order valence-corrected chi connectivity index (χ3v) is 4.41. The average Bonchev–Trinajstić information content (AvgIpc) is 2.12. The van der Waals surface area contributed by atoms with Crippen molar-refractivity contribution in [3.63, 3.8) is 0 Å². The fraction of sp³-hybridized carbons (Fsp3) is 0.917. The SMILES string of the molecule is COCCCCC12CC(C(N)C(=O)O)(C1)C2. The van der Waals surface area contributed by atoms with Gasteiger partial charge in [-0.2, -0.15) is 0 Å². The summed E-state index contributed by atoms with van der Waals surface area (Å²) in [4.78, 5) is 10.8. The summed E-state index contributed by atoms with van der Waals surface area (Å²) < 4.78 is 5.01. The number of rotatable bonds is 7. The van der Waals surface area contributed by atoms with Gasteiger partial charge < -0.3 is 15.6 Å². The van der Waals surface area contributed by atoms with Crippen molar-refractivity contribution in [3.05, 3.63) is 0 Å². The number of ether oxygens (including phenoxy) is 1. The van der Waals surface area contributed by atoms with E-state index in [4.69, 9.17) is 15.6 Å². The molecule has 1 atom stereocenters. The highest BCUT2D eigenvalue weighted by Crippen LogP contribution is 2.76. The predicted octanol–water partition coefficient (Wildman–Crippen LogP) is 1.39. The minimum Gasteiger partial charge on any atom is -0.480 e. The lowest BCUT2D eigenvalue weighted by atomic mass is 9.32. The molecule has 0 radical (unpaired) electrons. The Balaban J connectivity index is 1.70. The molecule has 0 spiro atoms. The molecule has 3 rings (SSSR count). The van der Waals surface area contributed by atoms with Gasteiger partial charge in [-0.05, 0) is 42.9 Å². The maximum Gasteiger partial charge on any atom is 0.321 e. The maximum atomic E-state index is 10.8. The third-order valence-electron chi connectivity index (χ3n) is 4.41. The van der Waals surface area contributed by atoms with Gasteiger partial charge in [-0.3, -0.25) is 4.79 Å². The lowest BCUT2D eigenvalue weighted by Crippen LogP contribution is -2.70. The Morgan fingerprint density at radius 2 is 2.06 bits per heavy atom. The molecule has 0 aromatic heterocycles. The zero-order valence-corrected chi connectivity index (χ0v) is 9.87. The van der Waals surface area contributed by atoms with Gasteiger partial charge >= 0.3 is 5.97 Å². The standard InChI is InChI=1S/C12H21NO3/c1-16-5-3-2-4-11-6-12(7-11,8-11)9(13)10(14)15/h9H,2-8,13H2,1H3,(H,14,15). The molecule has 3 aliphatic rings. The number of carbonyl (C=O) groups is 1. The van der Waals surface area contributed by atoms with Crippen molar-refractivity contribution in [1.29, 1.82) is 0 Å². The van der Waals surface area contributed by atoms with E-state index in [1.165, 1.54) is 12.8 Å². The maximum absolute atomic E-state index is 10.8. The minimum atomic E-state index is -0.840. The van der Waals surface area contributed by atoms with Crippen LogP contribution in [0.2, 0.25) is 0 Å². The van der Waals surface area contributed by atoms with E-state index in [0.29, 0.717) is 5.41 Å². The number of hydrogen-bond donors (Lipinski definition) is 2. The fourth-order valence-corrected chi connectivity index (χ4v) is 3.69. The second-order valence-corrected chi connectivity index (χ2v) is 5.66. The number of unbranched alkanes of at least 4 members (excludes halogenated alkanes) is 1. The van der Waals surface area contributed by atoms with Crippen LogP contribution in [0.25, 0.3) is 0 Å². The molecule has 0 heterocycles. The van der Waals surface area contributed by atoms with E-state index in [2.05, 4.69) is 0 Å². The number of aliphatic carboxylic acids is 1. The molecule has 0 aromatic carbocycles. The van der Waals surface area contributed by atoms with Crippen LogP contribution in [0, 0.1) is 10.8 Å². The van der Waals surface area contributed by atoms with Crippen LogP contribution in [0.4, 0.5) is 0 Å². The summed E-state index contributed by atoms with van der Waals surface area (Å²) in [5, 5.41) is 8.90. The largest absolute Gasteiger partial charge is 0.480 e. The molecule has 0 saturated heterocycles. The molecule has 4 nitrogen and oxygen atoms in total. The van der Waals surface area contributed by atoms with Crippen molar-refractivity contribution in [2.75, 3.05) is 13.7 Å². The van der Waals surface area contributed by atoms with Crippen LogP contribution < -0.4 is 5.73 Å². The molecule has 3 fully saturated rings. The molecule has 3 saturated carbocycles. The molecule has 4 heteroatoms. The van der Waals surface area contributed by atoms with Crippen LogP contribution in [0.1, 0.15) is 38.5 Å². The van der Waals surface area contributed by atoms with Gasteiger partial charge in [-0.25, -0.2) is 0 Å². The van der Waals surface area contributed by atoms with Gasteiger partial charge in [0, 0.05) is 13.7 Å². The highest BCUT2D eigenvalue weighted by atomic mass is 16.5. The van der Waals surface area contributed by atoms with E-state index in [0.717, 1.165) is 32.3 Å². The topological polar surface area (TPSA) is 72.5 Å². The van der Waals surface area contributed by atoms with Crippen molar-refractivity contribution in [1.82, 2.24) is 0 Å². The van der Waals surface area contributed by atoms with E-state index in [1.807, 2.05) is 0 Å². The first kappa shape index (κ1) is 11.9. The predicted molar refractivity (Wildman–Crippen MR) is 60.1 cm³/mol. The molecule has 2 bridgehead atoms. The van der Waals surface area contributed by atoms with Crippen molar-refractivity contribution in [2.24, 2.45) is 16.6 Å². The zero-order chi connectivity index (χ0) is 11.8. The van der Waals surface area contributed by atoms with Gasteiger partial charge in [0.2, 0.25) is 0 Å². The van der Waals surface area contributed by atoms with Crippen LogP contribution >= 0.6 is 0 Å². The summed E-state index contributed by atoms with van der Waals surface area (Å²) in [7, 11) is 1.72. The first-order chi connectivity index (χ1) is 7.54. The van der Waals surface area contributed by atoms with Gasteiger partial charge in [0.05, 0.1) is 0 Å². The van der Waals surface area contributed by atoms with Crippen LogP contribution in [-0.2, 0) is 9.53 Å². The molecular formula is C12H21NO3. The molecule has 0 aromatic rings. The summed E-state index contributed by atoms with van der Waals surface area (Å²) >= 11 is 0. The molecule has 3 N–H and O–H groups in total. The molecule has 92 valence electrons. The van der Waals surface area contributed by atoms with Crippen molar-refractivity contribution >= 4 is 5.97 Å². The monoisotopic (exact) mass is 227 g/mol. The molecule has 0 amide bonds. The Labute approximate surface area is 96.2 Å². The van der Waals surface area contributed by atoms with E-state index >= 15 is 0 Å². The summed E-state index contributed by atoms with van der Waals surface area (Å²) in [5.41, 5.74) is 6.11. The Hall–Kier alpha value is -0.610. The van der Waals surface area contributed by atoms with Crippen LogP contribution in [0.5, 0.6) is 0 Å². The van der Waals surface area contributed by atoms with Gasteiger partial charge in [-0.15, -0.1) is 0 Å². The van der Waals surface area contributed by atoms with E-state index in [-0.39, 0.29) is 5.41 Å².